The number of nitro groups is 1. The summed E-state index contributed by atoms with van der Waals surface area (Å²) < 4.78 is 10.4. The maximum absolute atomic E-state index is 12.1. The molecule has 0 unspecified atom stereocenters. The third kappa shape index (κ3) is 4.55. The lowest BCUT2D eigenvalue weighted by Crippen LogP contribution is -2.09. The Bertz CT molecular complexity index is 966. The van der Waals surface area contributed by atoms with E-state index >= 15 is 0 Å². The van der Waals surface area contributed by atoms with Crippen molar-refractivity contribution in [1.82, 2.24) is 0 Å². The second-order valence-corrected chi connectivity index (χ2v) is 5.42. The fourth-order valence-electron chi connectivity index (χ4n) is 2.20. The molecule has 0 spiro atoms. The van der Waals surface area contributed by atoms with Gasteiger partial charge in [0.05, 0.1) is 16.1 Å². The van der Waals surface area contributed by atoms with Crippen LogP contribution in [0.3, 0.4) is 0 Å². The van der Waals surface area contributed by atoms with Gasteiger partial charge in [0.25, 0.3) is 5.69 Å². The molecule has 7 nitrogen and oxygen atoms in total. The average molecular weight is 363 g/mol. The summed E-state index contributed by atoms with van der Waals surface area (Å²) in [5, 5.41) is 10.6. The van der Waals surface area contributed by atoms with Crippen LogP contribution in [-0.4, -0.2) is 16.9 Å². The molecule has 134 valence electrons. The van der Waals surface area contributed by atoms with Gasteiger partial charge in [-0.15, -0.1) is 0 Å². The maximum Gasteiger partial charge on any atom is 0.343 e. The molecule has 3 rings (SSSR count). The monoisotopic (exact) mass is 363 g/mol. The molecule has 0 aromatic heterocycles. The van der Waals surface area contributed by atoms with Crippen molar-refractivity contribution in [1.29, 1.82) is 0 Å². The van der Waals surface area contributed by atoms with Crippen molar-refractivity contribution in [2.24, 2.45) is 0 Å². The van der Waals surface area contributed by atoms with Crippen LogP contribution < -0.4 is 9.47 Å². The number of hydrogen-bond donors (Lipinski definition) is 0. The number of non-ortho nitro benzene ring substituents is 1. The van der Waals surface area contributed by atoms with Crippen LogP contribution in [-0.2, 0) is 0 Å². The number of rotatable bonds is 5. The molecule has 0 radical (unpaired) electrons. The molecule has 0 aliphatic carbocycles. The summed E-state index contributed by atoms with van der Waals surface area (Å²) in [5.74, 6) is -0.595. The largest absolute Gasteiger partial charge is 0.423 e. The third-order valence-electron chi connectivity index (χ3n) is 3.57. The van der Waals surface area contributed by atoms with Crippen molar-refractivity contribution in [2.75, 3.05) is 0 Å². The Morgan fingerprint density at radius 1 is 0.667 bits per heavy atom. The van der Waals surface area contributed by atoms with E-state index in [2.05, 4.69) is 0 Å². The quantitative estimate of drug-likeness (QED) is 0.294. The first-order valence-electron chi connectivity index (χ1n) is 7.87. The number of esters is 2. The van der Waals surface area contributed by atoms with E-state index in [1.807, 2.05) is 0 Å². The van der Waals surface area contributed by atoms with E-state index in [0.29, 0.717) is 11.3 Å². The van der Waals surface area contributed by atoms with Crippen molar-refractivity contribution in [3.63, 3.8) is 0 Å². The highest BCUT2D eigenvalue weighted by molar-refractivity contribution is 5.92. The molecule has 0 amide bonds. The van der Waals surface area contributed by atoms with Crippen LogP contribution >= 0.6 is 0 Å². The standard InChI is InChI=1S/C20H13NO6/c22-19(14-4-2-1-3-5-14)26-17-10-12-18(13-11-17)27-20(23)15-6-8-16(9-7-15)21(24)25/h1-13H. The van der Waals surface area contributed by atoms with E-state index in [1.54, 1.807) is 30.3 Å². The minimum atomic E-state index is -0.654. The predicted molar refractivity (Wildman–Crippen MR) is 95.9 cm³/mol. The Balaban J connectivity index is 1.62. The Morgan fingerprint density at radius 2 is 1.11 bits per heavy atom. The third-order valence-corrected chi connectivity index (χ3v) is 3.57. The molecule has 3 aromatic rings. The van der Waals surface area contributed by atoms with Crippen molar-refractivity contribution >= 4 is 17.6 Å². The Kier molecular flexibility index (Phi) is 5.22. The van der Waals surface area contributed by atoms with Gasteiger partial charge in [-0.2, -0.15) is 0 Å². The van der Waals surface area contributed by atoms with Crippen LogP contribution in [0.1, 0.15) is 20.7 Å². The van der Waals surface area contributed by atoms with Crippen LogP contribution in [0, 0.1) is 10.1 Å². The SMILES string of the molecule is O=C(Oc1ccc(OC(=O)c2ccc([N+](=O)[O-])cc2)cc1)c1ccccc1. The summed E-state index contributed by atoms with van der Waals surface area (Å²) in [6.07, 6.45) is 0. The van der Waals surface area contributed by atoms with Gasteiger partial charge in [0.1, 0.15) is 11.5 Å². The van der Waals surface area contributed by atoms with E-state index in [-0.39, 0.29) is 17.0 Å². The molecule has 0 heterocycles. The molecule has 0 aliphatic heterocycles. The lowest BCUT2D eigenvalue weighted by atomic mass is 10.2. The normalized spacial score (nSPS) is 10.1. The first-order valence-corrected chi connectivity index (χ1v) is 7.87. The number of benzene rings is 3. The molecule has 0 fully saturated rings. The number of carbonyl (C=O) groups excluding carboxylic acids is 2. The predicted octanol–water partition coefficient (Wildman–Crippen LogP) is 4.03. The number of hydrogen-bond acceptors (Lipinski definition) is 6. The summed E-state index contributed by atoms with van der Waals surface area (Å²) in [4.78, 5) is 34.1. The van der Waals surface area contributed by atoms with Gasteiger partial charge in [-0.1, -0.05) is 18.2 Å². The lowest BCUT2D eigenvalue weighted by Gasteiger charge is -2.07. The molecule has 3 aromatic carbocycles. The Hall–Kier alpha value is -4.00. The highest BCUT2D eigenvalue weighted by Crippen LogP contribution is 2.20. The molecular formula is C20H13NO6. The molecule has 7 heteroatoms. The first-order chi connectivity index (χ1) is 13.0. The van der Waals surface area contributed by atoms with Gasteiger partial charge in [-0.05, 0) is 48.5 Å². The first kappa shape index (κ1) is 17.8. The van der Waals surface area contributed by atoms with Crippen molar-refractivity contribution in [2.45, 2.75) is 0 Å². The maximum atomic E-state index is 12.1. The number of ether oxygens (including phenoxy) is 2. The summed E-state index contributed by atoms with van der Waals surface area (Å²) in [7, 11) is 0. The number of nitrogens with zero attached hydrogens (tertiary/aromatic N) is 1. The fourth-order valence-corrected chi connectivity index (χ4v) is 2.20. The van der Waals surface area contributed by atoms with Crippen LogP contribution in [0.5, 0.6) is 11.5 Å². The lowest BCUT2D eigenvalue weighted by molar-refractivity contribution is -0.384. The van der Waals surface area contributed by atoms with E-state index < -0.39 is 16.9 Å². The van der Waals surface area contributed by atoms with Gasteiger partial charge in [0.2, 0.25) is 0 Å². The molecule has 0 atom stereocenters. The van der Waals surface area contributed by atoms with E-state index in [4.69, 9.17) is 9.47 Å². The van der Waals surface area contributed by atoms with E-state index in [0.717, 1.165) is 0 Å². The van der Waals surface area contributed by atoms with Crippen molar-refractivity contribution < 1.29 is 24.0 Å². The van der Waals surface area contributed by atoms with Crippen LogP contribution in [0.15, 0.2) is 78.9 Å². The molecule has 27 heavy (non-hydrogen) atoms. The van der Waals surface area contributed by atoms with Gasteiger partial charge in [-0.25, -0.2) is 9.59 Å². The van der Waals surface area contributed by atoms with Gasteiger partial charge in [-0.3, -0.25) is 10.1 Å². The minimum Gasteiger partial charge on any atom is -0.423 e. The zero-order valence-electron chi connectivity index (χ0n) is 13.9. The number of carbonyl (C=O) groups is 2. The number of nitro benzene ring substituents is 1. The molecule has 0 saturated carbocycles. The van der Waals surface area contributed by atoms with Gasteiger partial charge in [0.15, 0.2) is 0 Å². The molecular weight excluding hydrogens is 350 g/mol. The summed E-state index contributed by atoms with van der Waals surface area (Å²) in [6.45, 7) is 0. The molecule has 0 N–H and O–H groups in total. The van der Waals surface area contributed by atoms with Gasteiger partial charge >= 0.3 is 11.9 Å². The van der Waals surface area contributed by atoms with E-state index in [9.17, 15) is 19.7 Å². The molecule has 0 bridgehead atoms. The van der Waals surface area contributed by atoms with Crippen molar-refractivity contribution in [3.8, 4) is 11.5 Å². The smallest absolute Gasteiger partial charge is 0.343 e. The summed E-state index contributed by atoms with van der Waals surface area (Å²) in [5.41, 5.74) is 0.488. The topological polar surface area (TPSA) is 95.7 Å². The Morgan fingerprint density at radius 3 is 1.56 bits per heavy atom. The zero-order valence-corrected chi connectivity index (χ0v) is 13.9. The summed E-state index contributed by atoms with van der Waals surface area (Å²) >= 11 is 0. The second kappa shape index (κ2) is 7.92. The molecule has 0 aliphatic rings. The summed E-state index contributed by atoms with van der Waals surface area (Å²) in [6, 6.07) is 19.6. The zero-order chi connectivity index (χ0) is 19.2. The van der Waals surface area contributed by atoms with Crippen LogP contribution in [0.4, 0.5) is 5.69 Å². The van der Waals surface area contributed by atoms with Gasteiger partial charge in [0, 0.05) is 12.1 Å². The van der Waals surface area contributed by atoms with Crippen LogP contribution in [0.25, 0.3) is 0 Å². The van der Waals surface area contributed by atoms with Gasteiger partial charge < -0.3 is 9.47 Å². The second-order valence-electron chi connectivity index (χ2n) is 5.42. The highest BCUT2D eigenvalue weighted by Gasteiger charge is 2.12. The fraction of sp³-hybridized carbons (Fsp3) is 0. The average Bonchev–Trinajstić information content (AvgIpc) is 2.70. The minimum absolute atomic E-state index is 0.115. The highest BCUT2D eigenvalue weighted by atomic mass is 16.6. The van der Waals surface area contributed by atoms with E-state index in [1.165, 1.54) is 48.5 Å². The Labute approximate surface area is 153 Å². The van der Waals surface area contributed by atoms with Crippen molar-refractivity contribution in [3.05, 3.63) is 100 Å². The van der Waals surface area contributed by atoms with Crippen LogP contribution in [0.2, 0.25) is 0 Å². The molecule has 0 saturated heterocycles.